The Hall–Kier alpha value is -1.10. The molecule has 1 aromatic carbocycles. The fraction of sp³-hybridized carbons (Fsp3) is 0.611. The van der Waals surface area contributed by atoms with Gasteiger partial charge >= 0.3 is 0 Å². The molecule has 2 N–H and O–H groups in total. The minimum Gasteiger partial charge on any atom is -0.375 e. The van der Waals surface area contributed by atoms with Crippen LogP contribution in [0.15, 0.2) is 24.3 Å². The first-order valence-electron chi connectivity index (χ1n) is 8.35. The average Bonchev–Trinajstić information content (AvgIpc) is 2.57. The van der Waals surface area contributed by atoms with Crippen LogP contribution < -0.4 is 10.6 Å². The highest BCUT2D eigenvalue weighted by Gasteiger charge is 2.22. The van der Waals surface area contributed by atoms with Crippen LogP contribution >= 0.6 is 11.6 Å². The van der Waals surface area contributed by atoms with E-state index in [9.17, 15) is 4.79 Å². The van der Waals surface area contributed by atoms with Gasteiger partial charge in [-0.1, -0.05) is 30.7 Å². The Kier molecular flexibility index (Phi) is 7.34. The quantitative estimate of drug-likeness (QED) is 0.803. The highest BCUT2D eigenvalue weighted by Crippen LogP contribution is 2.23. The van der Waals surface area contributed by atoms with Gasteiger partial charge in [0.15, 0.2) is 0 Å². The lowest BCUT2D eigenvalue weighted by atomic mass is 9.85. The molecule has 5 heteroatoms. The van der Waals surface area contributed by atoms with Crippen LogP contribution in [-0.2, 0) is 9.53 Å². The normalized spacial score (nSPS) is 20.7. The van der Waals surface area contributed by atoms with E-state index >= 15 is 0 Å². The van der Waals surface area contributed by atoms with Crippen molar-refractivity contribution in [2.24, 2.45) is 11.8 Å². The van der Waals surface area contributed by atoms with Gasteiger partial charge in [-0.25, -0.2) is 0 Å². The van der Waals surface area contributed by atoms with Gasteiger partial charge in [0.1, 0.15) is 0 Å². The van der Waals surface area contributed by atoms with Gasteiger partial charge in [0.2, 0.25) is 5.91 Å². The zero-order valence-corrected chi connectivity index (χ0v) is 14.7. The molecule has 4 nitrogen and oxygen atoms in total. The topological polar surface area (TPSA) is 50.4 Å². The summed E-state index contributed by atoms with van der Waals surface area (Å²) in [5, 5.41) is 7.11. The number of piperidine rings is 1. The summed E-state index contributed by atoms with van der Waals surface area (Å²) in [6, 6.07) is 7.53. The number of amides is 1. The highest BCUT2D eigenvalue weighted by molar-refractivity contribution is 6.30. The average molecular weight is 339 g/mol. The Bertz CT molecular complexity index is 486. The van der Waals surface area contributed by atoms with E-state index in [1.165, 1.54) is 12.8 Å². The second-order valence-corrected chi connectivity index (χ2v) is 6.80. The van der Waals surface area contributed by atoms with E-state index < -0.39 is 0 Å². The van der Waals surface area contributed by atoms with Gasteiger partial charge in [-0.05, 0) is 55.5 Å². The Morgan fingerprint density at radius 1 is 1.43 bits per heavy atom. The van der Waals surface area contributed by atoms with Gasteiger partial charge in [0.25, 0.3) is 0 Å². The first kappa shape index (κ1) is 18.2. The van der Waals surface area contributed by atoms with Crippen molar-refractivity contribution in [2.75, 3.05) is 26.7 Å². The van der Waals surface area contributed by atoms with E-state index in [4.69, 9.17) is 16.3 Å². The molecule has 1 aliphatic rings. The maximum atomic E-state index is 12.2. The van der Waals surface area contributed by atoms with Crippen LogP contribution in [0.25, 0.3) is 0 Å². The molecule has 1 aliphatic heterocycles. The van der Waals surface area contributed by atoms with Crippen LogP contribution in [0.5, 0.6) is 0 Å². The maximum absolute atomic E-state index is 12.2. The Balaban J connectivity index is 1.78. The number of nitrogens with one attached hydrogen (secondary N) is 2. The third-order valence-corrected chi connectivity index (χ3v) is 4.91. The minimum absolute atomic E-state index is 0.0964. The number of halogens is 1. The zero-order valence-electron chi connectivity index (χ0n) is 14.0. The van der Waals surface area contributed by atoms with Gasteiger partial charge in [-0.2, -0.15) is 0 Å². The number of ether oxygens (including phenoxy) is 1. The van der Waals surface area contributed by atoms with E-state index in [1.54, 1.807) is 7.11 Å². The molecule has 0 aliphatic carbocycles. The second kappa shape index (κ2) is 9.26. The third-order valence-electron chi connectivity index (χ3n) is 4.66. The molecule has 1 heterocycles. The molecule has 3 unspecified atom stereocenters. The smallest absolute Gasteiger partial charge is 0.220 e. The maximum Gasteiger partial charge on any atom is 0.220 e. The summed E-state index contributed by atoms with van der Waals surface area (Å²) in [7, 11) is 1.65. The number of carbonyl (C=O) groups excluding carboxylic acids is 1. The summed E-state index contributed by atoms with van der Waals surface area (Å²) in [6.07, 6.45) is 2.85. The van der Waals surface area contributed by atoms with Crippen molar-refractivity contribution >= 4 is 17.5 Å². The number of hydrogen-bond donors (Lipinski definition) is 2. The van der Waals surface area contributed by atoms with E-state index in [0.29, 0.717) is 29.8 Å². The lowest BCUT2D eigenvalue weighted by molar-refractivity contribution is -0.122. The Morgan fingerprint density at radius 3 is 2.78 bits per heavy atom. The monoisotopic (exact) mass is 338 g/mol. The van der Waals surface area contributed by atoms with Crippen LogP contribution in [0.2, 0.25) is 5.02 Å². The number of methoxy groups -OCH3 is 1. The number of rotatable bonds is 7. The molecule has 2 rings (SSSR count). The SMILES string of the molecule is COC(CNC(=O)CC(C)C1CCCNC1)c1ccc(Cl)cc1. The molecule has 0 aromatic heterocycles. The molecule has 1 saturated heterocycles. The molecule has 1 aromatic rings. The second-order valence-electron chi connectivity index (χ2n) is 6.37. The van der Waals surface area contributed by atoms with E-state index in [1.807, 2.05) is 24.3 Å². The lowest BCUT2D eigenvalue weighted by Gasteiger charge is -2.28. The van der Waals surface area contributed by atoms with Crippen LogP contribution in [0.3, 0.4) is 0 Å². The number of benzene rings is 1. The molecule has 23 heavy (non-hydrogen) atoms. The van der Waals surface area contributed by atoms with E-state index in [-0.39, 0.29) is 12.0 Å². The van der Waals surface area contributed by atoms with E-state index in [0.717, 1.165) is 18.7 Å². The Labute approximate surface area is 143 Å². The van der Waals surface area contributed by atoms with Crippen molar-refractivity contribution < 1.29 is 9.53 Å². The van der Waals surface area contributed by atoms with Gasteiger partial charge in [-0.3, -0.25) is 4.79 Å². The fourth-order valence-electron chi connectivity index (χ4n) is 3.12. The van der Waals surface area contributed by atoms with Crippen molar-refractivity contribution in [2.45, 2.75) is 32.3 Å². The van der Waals surface area contributed by atoms with Crippen LogP contribution in [0.1, 0.15) is 37.9 Å². The lowest BCUT2D eigenvalue weighted by Crippen LogP contribution is -2.36. The van der Waals surface area contributed by atoms with Gasteiger partial charge in [0.05, 0.1) is 6.10 Å². The highest BCUT2D eigenvalue weighted by atomic mass is 35.5. The molecular formula is C18H27ClN2O2. The standard InChI is InChI=1S/C18H27ClN2O2/c1-13(15-4-3-9-20-11-15)10-18(22)21-12-17(23-2)14-5-7-16(19)8-6-14/h5-8,13,15,17,20H,3-4,9-12H2,1-2H3,(H,21,22). The van der Waals surface area contributed by atoms with Gasteiger partial charge < -0.3 is 15.4 Å². The van der Waals surface area contributed by atoms with Gasteiger partial charge in [-0.15, -0.1) is 0 Å². The third kappa shape index (κ3) is 5.79. The first-order chi connectivity index (χ1) is 11.1. The largest absolute Gasteiger partial charge is 0.375 e. The van der Waals surface area contributed by atoms with Crippen LogP contribution in [0, 0.1) is 11.8 Å². The summed E-state index contributed by atoms with van der Waals surface area (Å²) >= 11 is 5.90. The fourth-order valence-corrected chi connectivity index (χ4v) is 3.24. The first-order valence-corrected chi connectivity index (χ1v) is 8.73. The molecule has 0 bridgehead atoms. The zero-order chi connectivity index (χ0) is 16.7. The molecule has 0 radical (unpaired) electrons. The summed E-state index contributed by atoms with van der Waals surface area (Å²) < 4.78 is 5.48. The predicted octanol–water partition coefficient (Wildman–Crippen LogP) is 3.17. The molecule has 128 valence electrons. The molecule has 3 atom stereocenters. The number of hydrogen-bond acceptors (Lipinski definition) is 3. The van der Waals surface area contributed by atoms with E-state index in [2.05, 4.69) is 17.6 Å². The Morgan fingerprint density at radius 2 is 2.17 bits per heavy atom. The van der Waals surface area contributed by atoms with Crippen LogP contribution in [-0.4, -0.2) is 32.7 Å². The van der Waals surface area contributed by atoms with Crippen LogP contribution in [0.4, 0.5) is 0 Å². The summed E-state index contributed by atoms with van der Waals surface area (Å²) in [4.78, 5) is 12.2. The van der Waals surface area contributed by atoms with Crippen molar-refractivity contribution in [3.63, 3.8) is 0 Å². The number of carbonyl (C=O) groups is 1. The van der Waals surface area contributed by atoms with Crippen molar-refractivity contribution in [1.29, 1.82) is 0 Å². The summed E-state index contributed by atoms with van der Waals surface area (Å²) in [5.74, 6) is 1.10. The van der Waals surface area contributed by atoms with Crippen molar-refractivity contribution in [1.82, 2.24) is 10.6 Å². The van der Waals surface area contributed by atoms with Crippen molar-refractivity contribution in [3.05, 3.63) is 34.9 Å². The molecule has 0 spiro atoms. The molecule has 1 fully saturated rings. The van der Waals surface area contributed by atoms with Crippen molar-refractivity contribution in [3.8, 4) is 0 Å². The van der Waals surface area contributed by atoms with Gasteiger partial charge in [0, 0.05) is 25.1 Å². The molecule has 1 amide bonds. The minimum atomic E-state index is -0.150. The summed E-state index contributed by atoms with van der Waals surface area (Å²) in [6.45, 7) is 4.78. The molecule has 0 saturated carbocycles. The summed E-state index contributed by atoms with van der Waals surface area (Å²) in [5.41, 5.74) is 1.02. The molecular weight excluding hydrogens is 312 g/mol. The predicted molar refractivity (Wildman–Crippen MR) is 93.6 cm³/mol.